The average molecular weight is 325 g/mol. The summed E-state index contributed by atoms with van der Waals surface area (Å²) < 4.78 is 0. The first-order chi connectivity index (χ1) is 11.6. The van der Waals surface area contributed by atoms with Gasteiger partial charge in [-0.05, 0) is 24.3 Å². The minimum Gasteiger partial charge on any atom is -0.478 e. The monoisotopic (exact) mass is 325 g/mol. The predicted octanol–water partition coefficient (Wildman–Crippen LogP) is 1.78. The Hall–Kier alpha value is -2.73. The van der Waals surface area contributed by atoms with Crippen molar-refractivity contribution in [3.8, 4) is 0 Å². The Kier molecular flexibility index (Phi) is 4.86. The molecule has 1 fully saturated rings. The number of rotatable bonds is 5. The maximum atomic E-state index is 12.3. The fraction of sp³-hybridized carbons (Fsp3) is 0.278. The van der Waals surface area contributed by atoms with E-state index >= 15 is 0 Å². The van der Waals surface area contributed by atoms with Crippen LogP contribution in [0.1, 0.15) is 20.7 Å². The van der Waals surface area contributed by atoms with E-state index in [-0.39, 0.29) is 11.3 Å². The van der Waals surface area contributed by atoms with E-state index < -0.39 is 5.97 Å². The normalized spacial score (nSPS) is 15.2. The molecule has 2 heterocycles. The standard InChI is InChI=1S/C18H19N3O3/c22-17(14-1-3-15(4-2-14)18(23)24)13-20-9-11-21(12-10-20)16-5-7-19-8-6-16/h1-8H,9-13H2,(H,23,24). The molecule has 3 rings (SSSR count). The zero-order valence-corrected chi connectivity index (χ0v) is 13.3. The van der Waals surface area contributed by atoms with E-state index in [9.17, 15) is 9.59 Å². The number of ketones is 1. The summed E-state index contributed by atoms with van der Waals surface area (Å²) >= 11 is 0. The summed E-state index contributed by atoms with van der Waals surface area (Å²) in [4.78, 5) is 31.6. The number of carbonyl (C=O) groups excluding carboxylic acids is 1. The highest BCUT2D eigenvalue weighted by Crippen LogP contribution is 2.15. The maximum Gasteiger partial charge on any atom is 0.335 e. The van der Waals surface area contributed by atoms with Gasteiger partial charge < -0.3 is 10.0 Å². The van der Waals surface area contributed by atoms with Crippen LogP contribution in [0.5, 0.6) is 0 Å². The molecule has 0 bridgehead atoms. The molecule has 1 aliphatic heterocycles. The lowest BCUT2D eigenvalue weighted by atomic mass is 10.1. The molecule has 124 valence electrons. The molecule has 1 saturated heterocycles. The minimum absolute atomic E-state index is 0.0179. The average Bonchev–Trinajstić information content (AvgIpc) is 2.63. The minimum atomic E-state index is -0.985. The largest absolute Gasteiger partial charge is 0.478 e. The molecule has 1 aliphatic rings. The van der Waals surface area contributed by atoms with Crippen molar-refractivity contribution >= 4 is 17.4 Å². The van der Waals surface area contributed by atoms with Crippen molar-refractivity contribution in [3.05, 3.63) is 59.9 Å². The van der Waals surface area contributed by atoms with Gasteiger partial charge in [0.1, 0.15) is 0 Å². The molecular formula is C18H19N3O3. The summed E-state index contributed by atoms with van der Waals surface area (Å²) in [6, 6.07) is 10.1. The predicted molar refractivity (Wildman–Crippen MR) is 90.6 cm³/mol. The SMILES string of the molecule is O=C(O)c1ccc(C(=O)CN2CCN(c3ccncc3)CC2)cc1. The summed E-state index contributed by atoms with van der Waals surface area (Å²) in [5.74, 6) is -0.967. The first-order valence-electron chi connectivity index (χ1n) is 7.87. The molecule has 0 aliphatic carbocycles. The Bertz CT molecular complexity index is 708. The molecular weight excluding hydrogens is 306 g/mol. The molecule has 0 radical (unpaired) electrons. The van der Waals surface area contributed by atoms with Gasteiger partial charge in [0, 0.05) is 49.8 Å². The fourth-order valence-electron chi connectivity index (χ4n) is 2.81. The Morgan fingerprint density at radius 3 is 2.08 bits per heavy atom. The quantitative estimate of drug-likeness (QED) is 0.845. The van der Waals surface area contributed by atoms with Crippen LogP contribution in [0.4, 0.5) is 5.69 Å². The van der Waals surface area contributed by atoms with E-state index in [0.29, 0.717) is 12.1 Å². The van der Waals surface area contributed by atoms with Gasteiger partial charge in [0.25, 0.3) is 0 Å². The highest BCUT2D eigenvalue weighted by molar-refractivity contribution is 5.98. The molecule has 2 aromatic rings. The number of piperazine rings is 1. The van der Waals surface area contributed by atoms with Crippen LogP contribution in [0.2, 0.25) is 0 Å². The second-order valence-electron chi connectivity index (χ2n) is 5.77. The van der Waals surface area contributed by atoms with Gasteiger partial charge in [-0.1, -0.05) is 12.1 Å². The van der Waals surface area contributed by atoms with Crippen LogP contribution < -0.4 is 4.90 Å². The molecule has 1 aromatic carbocycles. The number of pyridine rings is 1. The van der Waals surface area contributed by atoms with Crippen LogP contribution in [0.15, 0.2) is 48.8 Å². The van der Waals surface area contributed by atoms with Gasteiger partial charge in [-0.2, -0.15) is 0 Å². The molecule has 0 spiro atoms. The molecule has 6 nitrogen and oxygen atoms in total. The number of anilines is 1. The van der Waals surface area contributed by atoms with Crippen molar-refractivity contribution in [3.63, 3.8) is 0 Å². The number of aromatic carboxylic acids is 1. The van der Waals surface area contributed by atoms with Crippen molar-refractivity contribution in [2.24, 2.45) is 0 Å². The van der Waals surface area contributed by atoms with Gasteiger partial charge in [-0.3, -0.25) is 14.7 Å². The van der Waals surface area contributed by atoms with Crippen molar-refractivity contribution in [1.29, 1.82) is 0 Å². The highest BCUT2D eigenvalue weighted by atomic mass is 16.4. The maximum absolute atomic E-state index is 12.3. The first-order valence-corrected chi connectivity index (χ1v) is 7.87. The summed E-state index contributed by atoms with van der Waals surface area (Å²) in [6.07, 6.45) is 3.57. The number of carbonyl (C=O) groups is 2. The van der Waals surface area contributed by atoms with Crippen molar-refractivity contribution in [2.45, 2.75) is 0 Å². The Labute approximate surface area is 140 Å². The molecule has 0 atom stereocenters. The summed E-state index contributed by atoms with van der Waals surface area (Å²) in [5.41, 5.74) is 1.90. The summed E-state index contributed by atoms with van der Waals surface area (Å²) in [6.45, 7) is 3.74. The lowest BCUT2D eigenvalue weighted by Gasteiger charge is -2.35. The van der Waals surface area contributed by atoms with Gasteiger partial charge in [-0.15, -0.1) is 0 Å². The van der Waals surface area contributed by atoms with Gasteiger partial charge in [0.15, 0.2) is 5.78 Å². The molecule has 1 N–H and O–H groups in total. The van der Waals surface area contributed by atoms with Crippen LogP contribution in [-0.4, -0.2) is 59.5 Å². The van der Waals surface area contributed by atoms with E-state index in [1.807, 2.05) is 12.1 Å². The third-order valence-corrected chi connectivity index (χ3v) is 4.22. The van der Waals surface area contributed by atoms with Crippen molar-refractivity contribution in [1.82, 2.24) is 9.88 Å². The molecule has 6 heteroatoms. The van der Waals surface area contributed by atoms with Gasteiger partial charge >= 0.3 is 5.97 Å². The number of Topliss-reactive ketones (excluding diaryl/α,β-unsaturated/α-hetero) is 1. The zero-order valence-electron chi connectivity index (χ0n) is 13.3. The number of benzene rings is 1. The van der Waals surface area contributed by atoms with E-state index in [1.54, 1.807) is 24.5 Å². The van der Waals surface area contributed by atoms with Crippen LogP contribution in [0.3, 0.4) is 0 Å². The number of hydrogen-bond acceptors (Lipinski definition) is 5. The van der Waals surface area contributed by atoms with Gasteiger partial charge in [0.2, 0.25) is 0 Å². The number of nitrogens with zero attached hydrogens (tertiary/aromatic N) is 3. The first kappa shape index (κ1) is 16.1. The van der Waals surface area contributed by atoms with Crippen LogP contribution in [0.25, 0.3) is 0 Å². The van der Waals surface area contributed by atoms with Gasteiger partial charge in [-0.25, -0.2) is 4.79 Å². The van der Waals surface area contributed by atoms with E-state index in [0.717, 1.165) is 31.9 Å². The Balaban J connectivity index is 1.54. The fourth-order valence-corrected chi connectivity index (χ4v) is 2.81. The number of hydrogen-bond donors (Lipinski definition) is 1. The lowest BCUT2D eigenvalue weighted by molar-refractivity contribution is 0.0696. The van der Waals surface area contributed by atoms with E-state index in [2.05, 4.69) is 14.8 Å². The summed E-state index contributed by atoms with van der Waals surface area (Å²) in [7, 11) is 0. The van der Waals surface area contributed by atoms with Gasteiger partial charge in [0.05, 0.1) is 12.1 Å². The summed E-state index contributed by atoms with van der Waals surface area (Å²) in [5, 5.41) is 8.89. The molecule has 0 amide bonds. The third kappa shape index (κ3) is 3.78. The topological polar surface area (TPSA) is 73.7 Å². The molecule has 24 heavy (non-hydrogen) atoms. The number of carboxylic acids is 1. The van der Waals surface area contributed by atoms with Crippen molar-refractivity contribution < 1.29 is 14.7 Å². The molecule has 1 aromatic heterocycles. The van der Waals surface area contributed by atoms with Crippen LogP contribution in [-0.2, 0) is 0 Å². The Morgan fingerprint density at radius 2 is 1.50 bits per heavy atom. The lowest BCUT2D eigenvalue weighted by Crippen LogP contribution is -2.48. The number of aromatic nitrogens is 1. The second kappa shape index (κ2) is 7.23. The third-order valence-electron chi connectivity index (χ3n) is 4.22. The van der Waals surface area contributed by atoms with Crippen LogP contribution >= 0.6 is 0 Å². The second-order valence-corrected chi connectivity index (χ2v) is 5.77. The Morgan fingerprint density at radius 1 is 0.917 bits per heavy atom. The number of carboxylic acid groups (broad SMARTS) is 1. The van der Waals surface area contributed by atoms with Crippen molar-refractivity contribution in [2.75, 3.05) is 37.6 Å². The van der Waals surface area contributed by atoms with E-state index in [1.165, 1.54) is 12.1 Å². The van der Waals surface area contributed by atoms with Crippen LogP contribution in [0, 0.1) is 0 Å². The highest BCUT2D eigenvalue weighted by Gasteiger charge is 2.19. The smallest absolute Gasteiger partial charge is 0.335 e. The van der Waals surface area contributed by atoms with E-state index in [4.69, 9.17) is 5.11 Å². The molecule has 0 unspecified atom stereocenters. The molecule has 0 saturated carbocycles. The zero-order chi connectivity index (χ0) is 16.9.